The Bertz CT molecular complexity index is 492. The molecular formula is C12H16N4O3. The fourth-order valence-electron chi connectivity index (χ4n) is 2.24. The summed E-state index contributed by atoms with van der Waals surface area (Å²) in [6, 6.07) is 5.68. The van der Waals surface area contributed by atoms with E-state index in [1.165, 1.54) is 18.2 Å². The number of nitrogens with one attached hydrogen (secondary N) is 1. The first-order chi connectivity index (χ1) is 9.11. The maximum atomic E-state index is 12.1. The number of anilines is 1. The second-order valence-electron chi connectivity index (χ2n) is 4.46. The van der Waals surface area contributed by atoms with Crippen molar-refractivity contribution in [2.45, 2.75) is 18.9 Å². The molecule has 7 heteroatoms. The van der Waals surface area contributed by atoms with Crippen molar-refractivity contribution in [3.8, 4) is 0 Å². The summed E-state index contributed by atoms with van der Waals surface area (Å²) in [5.41, 5.74) is 5.98. The summed E-state index contributed by atoms with van der Waals surface area (Å²) in [5, 5.41) is 13.3. The van der Waals surface area contributed by atoms with E-state index in [9.17, 15) is 14.9 Å². The van der Waals surface area contributed by atoms with Gasteiger partial charge in [-0.05, 0) is 18.9 Å². The molecule has 2 rings (SSSR count). The zero-order chi connectivity index (χ0) is 13.8. The van der Waals surface area contributed by atoms with Gasteiger partial charge in [0.1, 0.15) is 0 Å². The SMILES string of the molecule is NCC1CCCN1C(=O)Nc1cccc([N+](=O)[O-])c1. The highest BCUT2D eigenvalue weighted by Gasteiger charge is 2.27. The number of carbonyl (C=O) groups is 1. The maximum absolute atomic E-state index is 12.1. The molecule has 1 aliphatic rings. The molecule has 0 radical (unpaired) electrons. The summed E-state index contributed by atoms with van der Waals surface area (Å²) in [5.74, 6) is 0. The fraction of sp³-hybridized carbons (Fsp3) is 0.417. The standard InChI is InChI=1S/C12H16N4O3/c13-8-11-5-2-6-15(11)12(17)14-9-3-1-4-10(7-9)16(18)19/h1,3-4,7,11H,2,5-6,8,13H2,(H,14,17). The molecule has 1 saturated heterocycles. The Morgan fingerprint density at radius 2 is 2.37 bits per heavy atom. The number of carbonyl (C=O) groups excluding carboxylic acids is 1. The predicted octanol–water partition coefficient (Wildman–Crippen LogP) is 1.55. The molecule has 1 aliphatic heterocycles. The molecule has 0 spiro atoms. The van der Waals surface area contributed by atoms with Crippen molar-refractivity contribution in [1.29, 1.82) is 0 Å². The highest BCUT2D eigenvalue weighted by atomic mass is 16.6. The first-order valence-corrected chi connectivity index (χ1v) is 6.14. The summed E-state index contributed by atoms with van der Waals surface area (Å²) < 4.78 is 0. The van der Waals surface area contributed by atoms with E-state index in [-0.39, 0.29) is 17.8 Å². The Labute approximate surface area is 110 Å². The number of amides is 2. The van der Waals surface area contributed by atoms with Crippen LogP contribution in [0.4, 0.5) is 16.2 Å². The number of hydrogen-bond acceptors (Lipinski definition) is 4. The minimum absolute atomic E-state index is 0.0467. The van der Waals surface area contributed by atoms with E-state index >= 15 is 0 Å². The highest BCUT2D eigenvalue weighted by molar-refractivity contribution is 5.90. The van der Waals surface area contributed by atoms with Gasteiger partial charge in [-0.1, -0.05) is 6.07 Å². The van der Waals surface area contributed by atoms with Crippen molar-refractivity contribution in [3.63, 3.8) is 0 Å². The van der Waals surface area contributed by atoms with Gasteiger partial charge in [0.05, 0.1) is 4.92 Å². The van der Waals surface area contributed by atoms with Crippen LogP contribution < -0.4 is 11.1 Å². The van der Waals surface area contributed by atoms with Crippen LogP contribution in [0.1, 0.15) is 12.8 Å². The lowest BCUT2D eigenvalue weighted by atomic mass is 10.2. The van der Waals surface area contributed by atoms with Crippen molar-refractivity contribution < 1.29 is 9.72 Å². The van der Waals surface area contributed by atoms with Crippen LogP contribution in [0, 0.1) is 10.1 Å². The third-order valence-corrected chi connectivity index (χ3v) is 3.22. The average molecular weight is 264 g/mol. The van der Waals surface area contributed by atoms with Crippen LogP contribution in [0.2, 0.25) is 0 Å². The molecule has 1 aromatic carbocycles. The van der Waals surface area contributed by atoms with E-state index in [1.807, 2.05) is 0 Å². The lowest BCUT2D eigenvalue weighted by Crippen LogP contribution is -2.42. The molecule has 1 fully saturated rings. The van der Waals surface area contributed by atoms with E-state index in [4.69, 9.17) is 5.73 Å². The average Bonchev–Trinajstić information content (AvgIpc) is 2.87. The topological polar surface area (TPSA) is 102 Å². The van der Waals surface area contributed by atoms with E-state index in [1.54, 1.807) is 11.0 Å². The number of benzene rings is 1. The first kappa shape index (κ1) is 13.3. The zero-order valence-corrected chi connectivity index (χ0v) is 10.4. The molecule has 2 amide bonds. The molecule has 1 unspecified atom stereocenters. The number of nitro benzene ring substituents is 1. The molecule has 3 N–H and O–H groups in total. The third-order valence-electron chi connectivity index (χ3n) is 3.22. The van der Waals surface area contributed by atoms with Gasteiger partial charge in [0.2, 0.25) is 0 Å². The van der Waals surface area contributed by atoms with Crippen molar-refractivity contribution in [2.24, 2.45) is 5.73 Å². The Kier molecular flexibility index (Phi) is 3.96. The van der Waals surface area contributed by atoms with Crippen molar-refractivity contribution in [3.05, 3.63) is 34.4 Å². The largest absolute Gasteiger partial charge is 0.328 e. The smallest absolute Gasteiger partial charge is 0.322 e. The molecule has 1 heterocycles. The van der Waals surface area contributed by atoms with Crippen LogP contribution in [0.3, 0.4) is 0 Å². The minimum atomic E-state index is -0.492. The number of urea groups is 1. The first-order valence-electron chi connectivity index (χ1n) is 6.14. The second kappa shape index (κ2) is 5.66. The normalized spacial score (nSPS) is 18.4. The Morgan fingerprint density at radius 1 is 1.58 bits per heavy atom. The molecule has 19 heavy (non-hydrogen) atoms. The second-order valence-corrected chi connectivity index (χ2v) is 4.46. The molecule has 0 saturated carbocycles. The molecule has 0 aromatic heterocycles. The van der Waals surface area contributed by atoms with Crippen molar-refractivity contribution in [2.75, 3.05) is 18.4 Å². The Morgan fingerprint density at radius 3 is 3.05 bits per heavy atom. The molecule has 7 nitrogen and oxygen atoms in total. The lowest BCUT2D eigenvalue weighted by Gasteiger charge is -2.23. The van der Waals surface area contributed by atoms with E-state index in [0.717, 1.165) is 12.8 Å². The van der Waals surface area contributed by atoms with Crippen LogP contribution in [0.5, 0.6) is 0 Å². The van der Waals surface area contributed by atoms with Gasteiger partial charge < -0.3 is 16.0 Å². The van der Waals surface area contributed by atoms with Crippen molar-refractivity contribution >= 4 is 17.4 Å². The summed E-state index contributed by atoms with van der Waals surface area (Å²) in [7, 11) is 0. The van der Waals surface area contributed by atoms with Gasteiger partial charge in [-0.15, -0.1) is 0 Å². The van der Waals surface area contributed by atoms with E-state index < -0.39 is 4.92 Å². The molecule has 0 bridgehead atoms. The van der Waals surface area contributed by atoms with Crippen LogP contribution in [-0.2, 0) is 0 Å². The molecule has 0 aliphatic carbocycles. The quantitative estimate of drug-likeness (QED) is 0.638. The number of hydrogen-bond donors (Lipinski definition) is 2. The third kappa shape index (κ3) is 3.00. The number of nitrogens with zero attached hydrogens (tertiary/aromatic N) is 2. The van der Waals surface area contributed by atoms with Gasteiger partial charge in [0, 0.05) is 37.0 Å². The monoisotopic (exact) mass is 264 g/mol. The van der Waals surface area contributed by atoms with Crippen molar-refractivity contribution in [1.82, 2.24) is 4.90 Å². The van der Waals surface area contributed by atoms with E-state index in [2.05, 4.69) is 5.32 Å². The number of nitrogens with two attached hydrogens (primary N) is 1. The zero-order valence-electron chi connectivity index (χ0n) is 10.4. The van der Waals surface area contributed by atoms with Crippen LogP contribution in [0.15, 0.2) is 24.3 Å². The maximum Gasteiger partial charge on any atom is 0.322 e. The van der Waals surface area contributed by atoms with Gasteiger partial charge in [-0.2, -0.15) is 0 Å². The van der Waals surface area contributed by atoms with Gasteiger partial charge in [0.15, 0.2) is 0 Å². The summed E-state index contributed by atoms with van der Waals surface area (Å²) in [6.45, 7) is 1.10. The lowest BCUT2D eigenvalue weighted by molar-refractivity contribution is -0.384. The van der Waals surface area contributed by atoms with Gasteiger partial charge >= 0.3 is 6.03 Å². The van der Waals surface area contributed by atoms with Crippen LogP contribution >= 0.6 is 0 Å². The molecule has 102 valence electrons. The predicted molar refractivity (Wildman–Crippen MR) is 70.9 cm³/mol. The molecule has 1 atom stereocenters. The number of nitro groups is 1. The van der Waals surface area contributed by atoms with Crippen LogP contribution in [-0.4, -0.2) is 35.0 Å². The summed E-state index contributed by atoms with van der Waals surface area (Å²) >= 11 is 0. The summed E-state index contributed by atoms with van der Waals surface area (Å²) in [4.78, 5) is 23.9. The molecule has 1 aromatic rings. The number of non-ortho nitro benzene ring substituents is 1. The summed E-state index contributed by atoms with van der Waals surface area (Å²) in [6.07, 6.45) is 1.84. The minimum Gasteiger partial charge on any atom is -0.328 e. The fourth-order valence-corrected chi connectivity index (χ4v) is 2.24. The molecular weight excluding hydrogens is 248 g/mol. The Balaban J connectivity index is 2.06. The van der Waals surface area contributed by atoms with Gasteiger partial charge in [-0.25, -0.2) is 4.79 Å². The number of likely N-dealkylation sites (tertiary alicyclic amines) is 1. The van der Waals surface area contributed by atoms with Gasteiger partial charge in [0.25, 0.3) is 5.69 Å². The number of rotatable bonds is 3. The van der Waals surface area contributed by atoms with E-state index in [0.29, 0.717) is 18.8 Å². The van der Waals surface area contributed by atoms with Crippen LogP contribution in [0.25, 0.3) is 0 Å². The highest BCUT2D eigenvalue weighted by Crippen LogP contribution is 2.20. The Hall–Kier alpha value is -2.15. The van der Waals surface area contributed by atoms with Gasteiger partial charge in [-0.3, -0.25) is 10.1 Å².